The van der Waals surface area contributed by atoms with E-state index in [0.717, 1.165) is 12.1 Å². The first-order valence-corrected chi connectivity index (χ1v) is 7.94. The average molecular weight is 366 g/mol. The molecule has 0 bridgehead atoms. The molecule has 3 rings (SSSR count). The predicted molar refractivity (Wildman–Crippen MR) is 88.8 cm³/mol. The van der Waals surface area contributed by atoms with E-state index >= 15 is 0 Å². The van der Waals surface area contributed by atoms with Crippen molar-refractivity contribution in [3.05, 3.63) is 53.8 Å². The topological polar surface area (TPSA) is 50.8 Å². The van der Waals surface area contributed by atoms with E-state index in [9.17, 15) is 18.0 Å². The predicted octanol–water partition coefficient (Wildman–Crippen LogP) is 2.81. The van der Waals surface area contributed by atoms with E-state index in [0.29, 0.717) is 24.7 Å². The molecule has 1 amide bonds. The minimum atomic E-state index is -1.62. The first-order chi connectivity index (χ1) is 12.4. The fourth-order valence-electron chi connectivity index (χ4n) is 2.62. The quantitative estimate of drug-likeness (QED) is 0.827. The van der Waals surface area contributed by atoms with Crippen LogP contribution in [0.3, 0.4) is 0 Å². The molecule has 1 aliphatic rings. The SMILES string of the molecule is CN(CC(=O)Nc1ccc(F)c(F)c1F)CC1COc2ccccc2O1. The minimum Gasteiger partial charge on any atom is -0.486 e. The summed E-state index contributed by atoms with van der Waals surface area (Å²) in [5, 5.41) is 2.23. The highest BCUT2D eigenvalue weighted by Crippen LogP contribution is 2.30. The first-order valence-electron chi connectivity index (χ1n) is 7.94. The van der Waals surface area contributed by atoms with Crippen LogP contribution in [-0.4, -0.2) is 43.7 Å². The second-order valence-corrected chi connectivity index (χ2v) is 5.97. The van der Waals surface area contributed by atoms with Gasteiger partial charge in [-0.15, -0.1) is 0 Å². The van der Waals surface area contributed by atoms with Crippen LogP contribution >= 0.6 is 0 Å². The van der Waals surface area contributed by atoms with Crippen LogP contribution in [0.1, 0.15) is 0 Å². The lowest BCUT2D eigenvalue weighted by atomic mass is 10.2. The zero-order valence-corrected chi connectivity index (χ0v) is 14.0. The Hall–Kier alpha value is -2.74. The molecule has 1 aliphatic heterocycles. The number of carbonyl (C=O) groups is 1. The van der Waals surface area contributed by atoms with Gasteiger partial charge in [-0.1, -0.05) is 12.1 Å². The summed E-state index contributed by atoms with van der Waals surface area (Å²) >= 11 is 0. The van der Waals surface area contributed by atoms with Crippen LogP contribution in [0.4, 0.5) is 18.9 Å². The summed E-state index contributed by atoms with van der Waals surface area (Å²) in [6.07, 6.45) is -0.275. The first kappa shape index (κ1) is 18.1. The van der Waals surface area contributed by atoms with Crippen LogP contribution in [-0.2, 0) is 4.79 Å². The fraction of sp³-hybridized carbons (Fsp3) is 0.278. The third-order valence-electron chi connectivity index (χ3n) is 3.81. The zero-order valence-electron chi connectivity index (χ0n) is 14.0. The maximum atomic E-state index is 13.6. The summed E-state index contributed by atoms with van der Waals surface area (Å²) in [4.78, 5) is 13.7. The van der Waals surface area contributed by atoms with E-state index in [2.05, 4.69) is 5.32 Å². The number of para-hydroxylation sites is 2. The molecule has 1 atom stereocenters. The maximum Gasteiger partial charge on any atom is 0.238 e. The van der Waals surface area contributed by atoms with Crippen molar-refractivity contribution in [1.82, 2.24) is 4.90 Å². The van der Waals surface area contributed by atoms with Crippen LogP contribution in [0, 0.1) is 17.5 Å². The number of hydrogen-bond acceptors (Lipinski definition) is 4. The number of nitrogens with one attached hydrogen (secondary N) is 1. The van der Waals surface area contributed by atoms with E-state index in [1.54, 1.807) is 24.1 Å². The van der Waals surface area contributed by atoms with Crippen LogP contribution in [0.15, 0.2) is 36.4 Å². The molecule has 8 heteroatoms. The molecule has 26 heavy (non-hydrogen) atoms. The largest absolute Gasteiger partial charge is 0.486 e. The third-order valence-corrected chi connectivity index (χ3v) is 3.81. The van der Waals surface area contributed by atoms with Crippen LogP contribution in [0.5, 0.6) is 11.5 Å². The third kappa shape index (κ3) is 4.08. The highest BCUT2D eigenvalue weighted by atomic mass is 19.2. The fourth-order valence-corrected chi connectivity index (χ4v) is 2.62. The van der Waals surface area contributed by atoms with Gasteiger partial charge in [0.2, 0.25) is 5.91 Å². The molecule has 0 aliphatic carbocycles. The van der Waals surface area contributed by atoms with Crippen molar-refractivity contribution in [3.63, 3.8) is 0 Å². The van der Waals surface area contributed by atoms with E-state index in [-0.39, 0.29) is 12.6 Å². The van der Waals surface area contributed by atoms with Crippen molar-refractivity contribution in [3.8, 4) is 11.5 Å². The number of amides is 1. The van der Waals surface area contributed by atoms with Gasteiger partial charge < -0.3 is 14.8 Å². The van der Waals surface area contributed by atoms with E-state index < -0.39 is 29.0 Å². The van der Waals surface area contributed by atoms with Gasteiger partial charge in [-0.25, -0.2) is 13.2 Å². The van der Waals surface area contributed by atoms with Gasteiger partial charge in [0.05, 0.1) is 12.2 Å². The van der Waals surface area contributed by atoms with E-state index in [1.807, 2.05) is 12.1 Å². The second-order valence-electron chi connectivity index (χ2n) is 5.97. The standard InChI is InChI=1S/C18H17F3N2O3/c1-23(8-11-10-25-14-4-2-3-5-15(14)26-11)9-16(24)22-13-7-6-12(19)17(20)18(13)21/h2-7,11H,8-10H2,1H3,(H,22,24). The van der Waals surface area contributed by atoms with Gasteiger partial charge in [-0.05, 0) is 31.3 Å². The van der Waals surface area contributed by atoms with Crippen LogP contribution < -0.4 is 14.8 Å². The molecule has 1 unspecified atom stereocenters. The smallest absolute Gasteiger partial charge is 0.238 e. The Morgan fingerprint density at radius 2 is 1.88 bits per heavy atom. The molecule has 1 N–H and O–H groups in total. The molecule has 0 saturated carbocycles. The van der Waals surface area contributed by atoms with Gasteiger partial charge in [-0.2, -0.15) is 0 Å². The number of rotatable bonds is 5. The molecule has 1 heterocycles. The molecule has 0 spiro atoms. The number of carbonyl (C=O) groups excluding carboxylic acids is 1. The number of likely N-dealkylation sites (N-methyl/N-ethyl adjacent to an activating group) is 1. The van der Waals surface area contributed by atoms with Gasteiger partial charge in [0.25, 0.3) is 0 Å². The number of benzene rings is 2. The van der Waals surface area contributed by atoms with E-state index in [4.69, 9.17) is 9.47 Å². The van der Waals surface area contributed by atoms with Gasteiger partial charge in [-0.3, -0.25) is 9.69 Å². The summed E-state index contributed by atoms with van der Waals surface area (Å²) in [7, 11) is 1.69. The zero-order chi connectivity index (χ0) is 18.7. The number of ether oxygens (including phenoxy) is 2. The van der Waals surface area contributed by atoms with Gasteiger partial charge in [0, 0.05) is 6.54 Å². The van der Waals surface area contributed by atoms with Crippen LogP contribution in [0.25, 0.3) is 0 Å². The number of anilines is 1. The maximum absolute atomic E-state index is 13.6. The molecule has 0 aromatic heterocycles. The number of hydrogen-bond donors (Lipinski definition) is 1. The number of halogens is 3. The summed E-state index contributed by atoms with van der Waals surface area (Å²) in [6, 6.07) is 9.00. The summed E-state index contributed by atoms with van der Waals surface area (Å²) in [5.74, 6) is -3.63. The van der Waals surface area contributed by atoms with Gasteiger partial charge in [0.15, 0.2) is 29.0 Å². The minimum absolute atomic E-state index is 0.0834. The molecule has 2 aromatic carbocycles. The second kappa shape index (κ2) is 7.65. The highest BCUT2D eigenvalue weighted by Gasteiger charge is 2.23. The Labute approximate surface area is 148 Å². The average Bonchev–Trinajstić information content (AvgIpc) is 2.62. The highest BCUT2D eigenvalue weighted by molar-refractivity contribution is 5.92. The monoisotopic (exact) mass is 366 g/mol. The number of fused-ring (bicyclic) bond motifs is 1. The van der Waals surface area contributed by atoms with Crippen molar-refractivity contribution < 1.29 is 27.4 Å². The number of nitrogens with zero attached hydrogens (tertiary/aromatic N) is 1. The van der Waals surface area contributed by atoms with Crippen molar-refractivity contribution in [2.45, 2.75) is 6.10 Å². The molecule has 5 nitrogen and oxygen atoms in total. The Morgan fingerprint density at radius 3 is 2.65 bits per heavy atom. The molecule has 0 radical (unpaired) electrons. The lowest BCUT2D eigenvalue weighted by molar-refractivity contribution is -0.117. The summed E-state index contributed by atoms with van der Waals surface area (Å²) in [5.41, 5.74) is -0.409. The summed E-state index contributed by atoms with van der Waals surface area (Å²) in [6.45, 7) is 0.642. The van der Waals surface area contributed by atoms with Crippen molar-refractivity contribution in [1.29, 1.82) is 0 Å². The lowest BCUT2D eigenvalue weighted by Gasteiger charge is -2.29. The lowest BCUT2D eigenvalue weighted by Crippen LogP contribution is -2.42. The molecular formula is C18H17F3N2O3. The van der Waals surface area contributed by atoms with Gasteiger partial charge in [0.1, 0.15) is 12.7 Å². The Kier molecular flexibility index (Phi) is 5.32. The van der Waals surface area contributed by atoms with Crippen LogP contribution in [0.2, 0.25) is 0 Å². The van der Waals surface area contributed by atoms with Crippen molar-refractivity contribution in [2.24, 2.45) is 0 Å². The Morgan fingerprint density at radius 1 is 1.15 bits per heavy atom. The van der Waals surface area contributed by atoms with Gasteiger partial charge >= 0.3 is 0 Å². The molecule has 2 aromatic rings. The molecule has 0 fully saturated rings. The molecule has 0 saturated heterocycles. The Bertz CT molecular complexity index is 816. The Balaban J connectivity index is 1.53. The van der Waals surface area contributed by atoms with Crippen molar-refractivity contribution in [2.75, 3.05) is 32.1 Å². The van der Waals surface area contributed by atoms with Crippen molar-refractivity contribution >= 4 is 11.6 Å². The van der Waals surface area contributed by atoms with E-state index in [1.165, 1.54) is 0 Å². The molecular weight excluding hydrogens is 349 g/mol. The molecule has 138 valence electrons. The summed E-state index contributed by atoms with van der Waals surface area (Å²) < 4.78 is 51.1. The normalized spacial score (nSPS) is 15.8.